The highest BCUT2D eigenvalue weighted by Crippen LogP contribution is 2.26. The number of hydrogen-bond acceptors (Lipinski definition) is 4. The first-order valence-corrected chi connectivity index (χ1v) is 10.6. The maximum Gasteiger partial charge on any atom is 0.222 e. The van der Waals surface area contributed by atoms with Crippen molar-refractivity contribution in [2.24, 2.45) is 5.92 Å². The number of aliphatic hydroxyl groups excluding tert-OH is 1. The summed E-state index contributed by atoms with van der Waals surface area (Å²) in [6.45, 7) is 4.72. The minimum absolute atomic E-state index is 0. The quantitative estimate of drug-likeness (QED) is 0.676. The molecule has 0 aromatic heterocycles. The molecule has 0 saturated heterocycles. The summed E-state index contributed by atoms with van der Waals surface area (Å²) in [6.07, 6.45) is 12.2. The van der Waals surface area contributed by atoms with E-state index < -0.39 is 0 Å². The Balaban J connectivity index is 0.00000123. The van der Waals surface area contributed by atoms with E-state index in [0.29, 0.717) is 37.9 Å². The van der Waals surface area contributed by atoms with E-state index in [9.17, 15) is 9.59 Å². The number of hydrogen-bond donors (Lipinski definition) is 2. The summed E-state index contributed by atoms with van der Waals surface area (Å²) >= 11 is 0. The van der Waals surface area contributed by atoms with E-state index in [1.165, 1.54) is 19.3 Å². The molecule has 5 heteroatoms. The highest BCUT2D eigenvalue weighted by Gasteiger charge is 2.26. The highest BCUT2D eigenvalue weighted by molar-refractivity contribution is 5.80. The number of carbonyl (C=O) groups is 2. The SMILES string of the molecule is CCC(=O)C1CCC(NC(=O)CCOC2CCCCC2)CC1.CCCO.[HH]. The smallest absolute Gasteiger partial charge is 0.222 e. The van der Waals surface area contributed by atoms with Crippen LogP contribution in [0, 0.1) is 5.92 Å². The van der Waals surface area contributed by atoms with Gasteiger partial charge in [0.2, 0.25) is 5.91 Å². The zero-order chi connectivity index (χ0) is 19.2. The molecule has 2 rings (SSSR count). The number of nitrogens with one attached hydrogen (secondary N) is 1. The Hall–Kier alpha value is -0.940. The van der Waals surface area contributed by atoms with E-state index in [4.69, 9.17) is 9.84 Å². The average molecular weight is 372 g/mol. The molecule has 26 heavy (non-hydrogen) atoms. The maximum atomic E-state index is 12.0. The molecular formula is C21H41NO4. The standard InChI is InChI=1S/C18H31NO3.C3H8O.H2/c1-2-17(20)14-8-10-15(11-9-14)19-18(21)12-13-22-16-6-4-3-5-7-16;1-2-3-4;/h14-16H,2-13H2,1H3,(H,19,21);4H,2-3H2,1H3;1H. The molecule has 2 aliphatic rings. The van der Waals surface area contributed by atoms with Crippen LogP contribution in [-0.2, 0) is 14.3 Å². The van der Waals surface area contributed by atoms with E-state index in [0.717, 1.165) is 44.9 Å². The van der Waals surface area contributed by atoms with Crippen molar-refractivity contribution in [1.82, 2.24) is 5.32 Å². The van der Waals surface area contributed by atoms with E-state index in [-0.39, 0.29) is 19.3 Å². The molecule has 2 N–H and O–H groups in total. The Morgan fingerprint density at radius 3 is 2.19 bits per heavy atom. The molecule has 0 radical (unpaired) electrons. The van der Waals surface area contributed by atoms with Gasteiger partial charge in [-0.2, -0.15) is 0 Å². The minimum Gasteiger partial charge on any atom is -0.396 e. The summed E-state index contributed by atoms with van der Waals surface area (Å²) in [4.78, 5) is 23.6. The molecule has 0 bridgehead atoms. The summed E-state index contributed by atoms with van der Waals surface area (Å²) < 4.78 is 5.80. The second-order valence-electron chi connectivity index (χ2n) is 7.54. The van der Waals surface area contributed by atoms with Crippen molar-refractivity contribution in [2.75, 3.05) is 13.2 Å². The van der Waals surface area contributed by atoms with Gasteiger partial charge in [-0.25, -0.2) is 0 Å². The first kappa shape index (κ1) is 23.1. The predicted octanol–water partition coefficient (Wildman–Crippen LogP) is 4.01. The van der Waals surface area contributed by atoms with Gasteiger partial charge in [0.15, 0.2) is 0 Å². The van der Waals surface area contributed by atoms with Crippen molar-refractivity contribution in [3.8, 4) is 0 Å². The van der Waals surface area contributed by atoms with Crippen LogP contribution in [0.5, 0.6) is 0 Å². The molecule has 0 heterocycles. The molecule has 0 aliphatic heterocycles. The average Bonchev–Trinajstić information content (AvgIpc) is 2.69. The van der Waals surface area contributed by atoms with Gasteiger partial charge in [-0.1, -0.05) is 33.1 Å². The predicted molar refractivity (Wildman–Crippen MR) is 106 cm³/mol. The number of amides is 1. The molecule has 0 aromatic rings. The lowest BCUT2D eigenvalue weighted by atomic mass is 9.83. The lowest BCUT2D eigenvalue weighted by Gasteiger charge is -2.28. The van der Waals surface area contributed by atoms with Crippen LogP contribution in [0.1, 0.15) is 92.3 Å². The van der Waals surface area contributed by atoms with Gasteiger partial charge in [0.05, 0.1) is 12.7 Å². The molecule has 0 aromatic carbocycles. The lowest BCUT2D eigenvalue weighted by molar-refractivity contribution is -0.124. The van der Waals surface area contributed by atoms with Crippen LogP contribution in [0.25, 0.3) is 0 Å². The van der Waals surface area contributed by atoms with Crippen LogP contribution in [0.4, 0.5) is 0 Å². The fraction of sp³-hybridized carbons (Fsp3) is 0.905. The normalized spacial score (nSPS) is 23.7. The molecule has 0 unspecified atom stereocenters. The van der Waals surface area contributed by atoms with Crippen molar-refractivity contribution in [3.05, 3.63) is 0 Å². The highest BCUT2D eigenvalue weighted by atomic mass is 16.5. The Labute approximate surface area is 160 Å². The summed E-state index contributed by atoms with van der Waals surface area (Å²) in [6, 6.07) is 0.253. The monoisotopic (exact) mass is 371 g/mol. The van der Waals surface area contributed by atoms with Crippen LogP contribution in [0.3, 0.4) is 0 Å². The van der Waals surface area contributed by atoms with E-state index >= 15 is 0 Å². The Kier molecular flexibility index (Phi) is 12.6. The first-order chi connectivity index (χ1) is 12.6. The van der Waals surface area contributed by atoms with Crippen molar-refractivity contribution < 1.29 is 20.9 Å². The lowest BCUT2D eigenvalue weighted by Crippen LogP contribution is -2.39. The van der Waals surface area contributed by atoms with Gasteiger partial charge in [-0.3, -0.25) is 9.59 Å². The number of ether oxygens (including phenoxy) is 1. The Morgan fingerprint density at radius 1 is 1.04 bits per heavy atom. The van der Waals surface area contributed by atoms with E-state index in [1.807, 2.05) is 13.8 Å². The van der Waals surface area contributed by atoms with Crippen LogP contribution in [0.2, 0.25) is 0 Å². The van der Waals surface area contributed by atoms with Crippen molar-refractivity contribution >= 4 is 11.7 Å². The van der Waals surface area contributed by atoms with Gasteiger partial charge in [0, 0.05) is 32.8 Å². The van der Waals surface area contributed by atoms with Crippen LogP contribution in [0.15, 0.2) is 0 Å². The first-order valence-electron chi connectivity index (χ1n) is 10.6. The van der Waals surface area contributed by atoms with Gasteiger partial charge in [-0.05, 0) is 44.9 Å². The molecule has 2 saturated carbocycles. The van der Waals surface area contributed by atoms with E-state index in [1.54, 1.807) is 0 Å². The van der Waals surface area contributed by atoms with Gasteiger partial charge in [0.1, 0.15) is 5.78 Å². The zero-order valence-corrected chi connectivity index (χ0v) is 16.8. The molecule has 5 nitrogen and oxygen atoms in total. The van der Waals surface area contributed by atoms with E-state index in [2.05, 4.69) is 5.32 Å². The van der Waals surface area contributed by atoms with Gasteiger partial charge in [0.25, 0.3) is 0 Å². The summed E-state index contributed by atoms with van der Waals surface area (Å²) in [5, 5.41) is 11.0. The Bertz CT molecular complexity index is 390. The fourth-order valence-corrected chi connectivity index (χ4v) is 3.70. The Morgan fingerprint density at radius 2 is 1.65 bits per heavy atom. The molecule has 0 spiro atoms. The zero-order valence-electron chi connectivity index (χ0n) is 16.8. The van der Waals surface area contributed by atoms with Crippen molar-refractivity contribution in [1.29, 1.82) is 0 Å². The number of ketones is 1. The van der Waals surface area contributed by atoms with Crippen molar-refractivity contribution in [3.63, 3.8) is 0 Å². The molecule has 2 aliphatic carbocycles. The third-order valence-electron chi connectivity index (χ3n) is 5.35. The second kappa shape index (κ2) is 14.2. The molecule has 1 amide bonds. The molecule has 2 fully saturated rings. The number of aliphatic hydroxyl groups is 1. The topological polar surface area (TPSA) is 75.6 Å². The molecule has 0 atom stereocenters. The maximum absolute atomic E-state index is 12.0. The van der Waals surface area contributed by atoms with Crippen LogP contribution in [-0.4, -0.2) is 42.2 Å². The number of carbonyl (C=O) groups excluding carboxylic acids is 2. The summed E-state index contributed by atoms with van der Waals surface area (Å²) in [5.74, 6) is 0.708. The second-order valence-corrected chi connectivity index (χ2v) is 7.54. The molecular weight excluding hydrogens is 330 g/mol. The largest absolute Gasteiger partial charge is 0.396 e. The van der Waals surface area contributed by atoms with Gasteiger partial charge < -0.3 is 15.2 Å². The van der Waals surface area contributed by atoms with Crippen molar-refractivity contribution in [2.45, 2.75) is 103 Å². The minimum atomic E-state index is 0. The number of Topliss-reactive ketones (excluding diaryl/α,β-unsaturated/α-hetero) is 1. The third kappa shape index (κ3) is 9.67. The summed E-state index contributed by atoms with van der Waals surface area (Å²) in [5.41, 5.74) is 0. The van der Waals surface area contributed by atoms with Gasteiger partial charge in [-0.15, -0.1) is 0 Å². The third-order valence-corrected chi connectivity index (χ3v) is 5.35. The number of rotatable bonds is 8. The molecule has 154 valence electrons. The van der Waals surface area contributed by atoms with Gasteiger partial charge >= 0.3 is 0 Å². The summed E-state index contributed by atoms with van der Waals surface area (Å²) in [7, 11) is 0. The fourth-order valence-electron chi connectivity index (χ4n) is 3.70. The van der Waals surface area contributed by atoms with Crippen LogP contribution < -0.4 is 5.32 Å². The van der Waals surface area contributed by atoms with Crippen LogP contribution >= 0.6 is 0 Å².